The van der Waals surface area contributed by atoms with Gasteiger partial charge in [-0.1, -0.05) is 20.3 Å². The summed E-state index contributed by atoms with van der Waals surface area (Å²) in [6.07, 6.45) is -3.18. The molecule has 0 bridgehead atoms. The molecular weight excluding hydrogens is 263 g/mol. The van der Waals surface area contributed by atoms with Crippen LogP contribution < -0.4 is 5.32 Å². The van der Waals surface area contributed by atoms with Crippen LogP contribution in [0.3, 0.4) is 0 Å². The van der Waals surface area contributed by atoms with E-state index in [2.05, 4.69) is 10.3 Å². The van der Waals surface area contributed by atoms with Crippen molar-refractivity contribution in [3.8, 4) is 0 Å². The molecule has 1 N–H and O–H groups in total. The minimum Gasteiger partial charge on any atom is -0.379 e. The molecule has 0 amide bonds. The van der Waals surface area contributed by atoms with E-state index < -0.39 is 22.5 Å². The van der Waals surface area contributed by atoms with E-state index in [1.807, 2.05) is 13.8 Å². The van der Waals surface area contributed by atoms with Gasteiger partial charge >= 0.3 is 11.9 Å². The summed E-state index contributed by atoms with van der Waals surface area (Å²) >= 11 is 0. The van der Waals surface area contributed by atoms with Crippen LogP contribution in [0, 0.1) is 16.0 Å². The van der Waals surface area contributed by atoms with Gasteiger partial charge in [0.25, 0.3) is 0 Å². The van der Waals surface area contributed by atoms with Crippen molar-refractivity contribution in [3.63, 3.8) is 0 Å². The molecule has 0 aromatic carbocycles. The van der Waals surface area contributed by atoms with E-state index in [4.69, 9.17) is 0 Å². The molecule has 19 heavy (non-hydrogen) atoms. The minimum atomic E-state index is -4.62. The van der Waals surface area contributed by atoms with Crippen molar-refractivity contribution in [1.29, 1.82) is 0 Å². The predicted octanol–water partition coefficient (Wildman–Crippen LogP) is 3.47. The highest BCUT2D eigenvalue weighted by Crippen LogP contribution is 2.32. The van der Waals surface area contributed by atoms with E-state index >= 15 is 0 Å². The van der Waals surface area contributed by atoms with Gasteiger partial charge in [-0.3, -0.25) is 10.1 Å². The van der Waals surface area contributed by atoms with Gasteiger partial charge in [0, 0.05) is 6.54 Å². The molecule has 0 radical (unpaired) electrons. The summed E-state index contributed by atoms with van der Waals surface area (Å²) in [6, 6.07) is 0.667. The molecule has 5 nitrogen and oxygen atoms in total. The minimum absolute atomic E-state index is 0.160. The normalized spacial score (nSPS) is 13.1. The predicted molar refractivity (Wildman–Crippen MR) is 63.8 cm³/mol. The number of pyridine rings is 1. The molecule has 0 spiro atoms. The first-order chi connectivity index (χ1) is 8.75. The maximum Gasteiger partial charge on any atom is 0.433 e. The van der Waals surface area contributed by atoms with Crippen LogP contribution >= 0.6 is 0 Å². The zero-order valence-corrected chi connectivity index (χ0v) is 10.5. The summed E-state index contributed by atoms with van der Waals surface area (Å²) in [5.74, 6) is 0.196. The summed E-state index contributed by atoms with van der Waals surface area (Å²) in [5, 5.41) is 13.4. The summed E-state index contributed by atoms with van der Waals surface area (Å²) in [4.78, 5) is 13.1. The lowest BCUT2D eigenvalue weighted by molar-refractivity contribution is -0.384. The smallest absolute Gasteiger partial charge is 0.379 e. The van der Waals surface area contributed by atoms with Crippen LogP contribution in [-0.2, 0) is 6.18 Å². The van der Waals surface area contributed by atoms with Crippen LogP contribution in [0.25, 0.3) is 0 Å². The quantitative estimate of drug-likeness (QED) is 0.661. The zero-order chi connectivity index (χ0) is 14.6. The molecule has 1 aromatic rings. The number of nitro groups is 1. The zero-order valence-electron chi connectivity index (χ0n) is 10.5. The molecule has 0 aliphatic carbocycles. The lowest BCUT2D eigenvalue weighted by atomic mass is 10.1. The van der Waals surface area contributed by atoms with Crippen LogP contribution in [0.4, 0.5) is 24.5 Å². The van der Waals surface area contributed by atoms with Crippen molar-refractivity contribution in [1.82, 2.24) is 4.98 Å². The van der Waals surface area contributed by atoms with Gasteiger partial charge in [0.1, 0.15) is 17.6 Å². The van der Waals surface area contributed by atoms with Crippen molar-refractivity contribution in [3.05, 3.63) is 28.1 Å². The van der Waals surface area contributed by atoms with Crippen molar-refractivity contribution in [2.75, 3.05) is 11.9 Å². The van der Waals surface area contributed by atoms with E-state index in [1.165, 1.54) is 0 Å². The Balaban J connectivity index is 3.06. The largest absolute Gasteiger partial charge is 0.433 e. The summed E-state index contributed by atoms with van der Waals surface area (Å²) in [5.41, 5.74) is -1.77. The molecule has 8 heteroatoms. The van der Waals surface area contributed by atoms with Crippen molar-refractivity contribution < 1.29 is 18.1 Å². The number of hydrogen-bond acceptors (Lipinski definition) is 4. The molecule has 1 aromatic heterocycles. The van der Waals surface area contributed by atoms with Gasteiger partial charge in [0.05, 0.1) is 4.92 Å². The lowest BCUT2D eigenvalue weighted by Crippen LogP contribution is -2.14. The Morgan fingerprint density at radius 3 is 2.63 bits per heavy atom. The first kappa shape index (κ1) is 15.2. The number of aromatic nitrogens is 1. The van der Waals surface area contributed by atoms with Crippen LogP contribution in [0.5, 0.6) is 0 Å². The molecule has 0 fully saturated rings. The SMILES string of the molecule is CCC(C)CNc1cc(C(F)(F)F)ncc1[N+](=O)[O-]. The number of nitrogens with zero attached hydrogens (tertiary/aromatic N) is 2. The molecular formula is C11H14F3N3O2. The highest BCUT2D eigenvalue weighted by atomic mass is 19.4. The van der Waals surface area contributed by atoms with Crippen LogP contribution in [0.1, 0.15) is 26.0 Å². The average Bonchev–Trinajstić information content (AvgIpc) is 2.34. The van der Waals surface area contributed by atoms with Gasteiger partial charge in [0.2, 0.25) is 0 Å². The van der Waals surface area contributed by atoms with E-state index in [0.29, 0.717) is 18.8 Å². The van der Waals surface area contributed by atoms with Crippen molar-refractivity contribution >= 4 is 11.4 Å². The Morgan fingerprint density at radius 2 is 2.16 bits per heavy atom. The van der Waals surface area contributed by atoms with E-state index in [-0.39, 0.29) is 11.6 Å². The maximum absolute atomic E-state index is 12.5. The molecule has 1 heterocycles. The Bertz CT molecular complexity index is 463. The van der Waals surface area contributed by atoms with Crippen LogP contribution in [-0.4, -0.2) is 16.5 Å². The summed E-state index contributed by atoms with van der Waals surface area (Å²) in [6.45, 7) is 4.18. The summed E-state index contributed by atoms with van der Waals surface area (Å²) < 4.78 is 37.5. The van der Waals surface area contributed by atoms with E-state index in [1.54, 1.807) is 0 Å². The molecule has 1 rings (SSSR count). The Hall–Kier alpha value is -1.86. The van der Waals surface area contributed by atoms with Gasteiger partial charge in [-0.05, 0) is 12.0 Å². The van der Waals surface area contributed by atoms with E-state index in [9.17, 15) is 23.3 Å². The molecule has 0 aliphatic rings. The van der Waals surface area contributed by atoms with Gasteiger partial charge in [-0.25, -0.2) is 4.98 Å². The number of alkyl halides is 3. The highest BCUT2D eigenvalue weighted by Gasteiger charge is 2.34. The number of anilines is 1. The second-order valence-electron chi connectivity index (χ2n) is 4.24. The van der Waals surface area contributed by atoms with Crippen LogP contribution in [0.15, 0.2) is 12.3 Å². The third kappa shape index (κ3) is 4.08. The Labute approximate surface area is 108 Å². The molecule has 1 atom stereocenters. The second kappa shape index (κ2) is 5.85. The van der Waals surface area contributed by atoms with Crippen molar-refractivity contribution in [2.45, 2.75) is 26.4 Å². The third-order valence-corrected chi connectivity index (χ3v) is 2.71. The molecule has 0 saturated carbocycles. The standard InChI is InChI=1S/C11H14F3N3O2/c1-3-7(2)5-15-8-4-10(11(12,13)14)16-6-9(8)17(18)19/h4,6-7H,3,5H2,1-2H3,(H,15,16). The highest BCUT2D eigenvalue weighted by molar-refractivity contribution is 5.61. The first-order valence-corrected chi connectivity index (χ1v) is 5.71. The monoisotopic (exact) mass is 277 g/mol. The van der Waals surface area contributed by atoms with Crippen molar-refractivity contribution in [2.24, 2.45) is 5.92 Å². The van der Waals surface area contributed by atoms with Gasteiger partial charge in [0.15, 0.2) is 0 Å². The Kier molecular flexibility index (Phi) is 4.68. The topological polar surface area (TPSA) is 68.1 Å². The van der Waals surface area contributed by atoms with Gasteiger partial charge in [-0.15, -0.1) is 0 Å². The first-order valence-electron chi connectivity index (χ1n) is 5.71. The summed E-state index contributed by atoms with van der Waals surface area (Å²) in [7, 11) is 0. The molecule has 1 unspecified atom stereocenters. The molecule has 0 aliphatic heterocycles. The number of halogens is 3. The number of hydrogen-bond donors (Lipinski definition) is 1. The number of rotatable bonds is 5. The fraction of sp³-hybridized carbons (Fsp3) is 0.545. The van der Waals surface area contributed by atoms with Gasteiger partial charge in [-0.2, -0.15) is 13.2 Å². The van der Waals surface area contributed by atoms with E-state index in [0.717, 1.165) is 6.42 Å². The average molecular weight is 277 g/mol. The fourth-order valence-electron chi connectivity index (χ4n) is 1.32. The molecule has 106 valence electrons. The number of nitrogens with one attached hydrogen (secondary N) is 1. The molecule has 0 saturated heterocycles. The maximum atomic E-state index is 12.5. The Morgan fingerprint density at radius 1 is 1.53 bits per heavy atom. The third-order valence-electron chi connectivity index (χ3n) is 2.71. The second-order valence-corrected chi connectivity index (χ2v) is 4.24. The van der Waals surface area contributed by atoms with Crippen LogP contribution in [0.2, 0.25) is 0 Å². The van der Waals surface area contributed by atoms with Gasteiger partial charge < -0.3 is 5.32 Å². The lowest BCUT2D eigenvalue weighted by Gasteiger charge is -2.13. The fourth-order valence-corrected chi connectivity index (χ4v) is 1.32.